The molecule has 0 saturated carbocycles. The number of benzene rings is 24. The van der Waals surface area contributed by atoms with E-state index in [1.54, 1.807) is 0 Å². The Bertz CT molecular complexity index is 10300. The van der Waals surface area contributed by atoms with E-state index in [2.05, 4.69) is 501 Å². The molecule has 4 spiro atoms. The minimum Gasteiger partial charge on any atom is -0.457 e. The first-order valence-corrected chi connectivity index (χ1v) is 53.4. The average Bonchev–Trinajstić information content (AvgIpc) is 1.49. The molecule has 24 aromatic carbocycles. The quantitative estimate of drug-likeness (QED) is 0.164. The van der Waals surface area contributed by atoms with Crippen LogP contribution in [0.1, 0.15) is 89.0 Å². The molecule has 0 saturated heterocycles. The molecule has 148 heavy (non-hydrogen) atoms. The van der Waals surface area contributed by atoms with Gasteiger partial charge in [0.15, 0.2) is 0 Å². The van der Waals surface area contributed by atoms with Crippen molar-refractivity contribution in [1.29, 1.82) is 0 Å². The van der Waals surface area contributed by atoms with Gasteiger partial charge in [0.2, 0.25) is 0 Å². The molecule has 5 nitrogen and oxygen atoms in total. The molecule has 0 fully saturated rings. The van der Waals surface area contributed by atoms with Gasteiger partial charge >= 0.3 is 0 Å². The lowest BCUT2D eigenvalue weighted by Gasteiger charge is -2.43. The highest BCUT2D eigenvalue weighted by atomic mass is 32.2. The molecule has 26 aromatic rings. The number of rotatable bonds is 6. The summed E-state index contributed by atoms with van der Waals surface area (Å²) in [5.74, 6) is 3.39. The predicted molar refractivity (Wildman–Crippen MR) is 610 cm³/mol. The number of anilines is 6. The first kappa shape index (κ1) is 82.6. The highest BCUT2D eigenvalue weighted by Gasteiger charge is 2.58. The number of nitrogens with zero attached hydrogens (tertiary/aromatic N) is 2. The van der Waals surface area contributed by atoms with Gasteiger partial charge in [0.1, 0.15) is 34.2 Å². The lowest BCUT2D eigenvalue weighted by atomic mass is 9.65. The monoisotopic (exact) mass is 1930 g/mol. The van der Waals surface area contributed by atoms with Gasteiger partial charge in [-0.25, -0.2) is 0 Å². The van der Waals surface area contributed by atoms with E-state index in [1.807, 2.05) is 40.9 Å². The Morgan fingerprint density at radius 1 is 0.196 bits per heavy atom. The third-order valence-electron chi connectivity index (χ3n) is 33.5. The summed E-state index contributed by atoms with van der Waals surface area (Å²) in [5, 5.41) is 14.5. The van der Waals surface area contributed by atoms with Crippen molar-refractivity contribution in [3.63, 3.8) is 0 Å². The molecule has 4 aliphatic carbocycles. The molecule has 0 N–H and O–H groups in total. The fourth-order valence-corrected chi connectivity index (χ4v) is 31.5. The van der Waals surface area contributed by atoms with E-state index in [0.717, 1.165) is 95.3 Å². The molecule has 34 rings (SSSR count). The number of hydrogen-bond donors (Lipinski definition) is 0. The fraction of sp³-hybridized carbons (Fsp3) is 0.0286. The van der Waals surface area contributed by atoms with Crippen LogP contribution in [0, 0.1) is 0 Å². The van der Waals surface area contributed by atoms with Crippen molar-refractivity contribution in [2.45, 2.75) is 41.2 Å². The summed E-state index contributed by atoms with van der Waals surface area (Å²) < 4.78 is 23.5. The largest absolute Gasteiger partial charge is 0.457 e. The number of para-hydroxylation sites is 2. The Labute approximate surface area is 866 Å². The van der Waals surface area contributed by atoms with E-state index in [4.69, 9.17) is 13.9 Å². The minimum absolute atomic E-state index is 0.577. The summed E-state index contributed by atoms with van der Waals surface area (Å²) in [6.07, 6.45) is 0. The van der Waals surface area contributed by atoms with Crippen LogP contribution in [0.25, 0.3) is 130 Å². The summed E-state index contributed by atoms with van der Waals surface area (Å²) in [4.78, 5) is 10.3. The Kier molecular flexibility index (Phi) is 17.3. The van der Waals surface area contributed by atoms with Crippen molar-refractivity contribution in [1.82, 2.24) is 0 Å². The van der Waals surface area contributed by atoms with Gasteiger partial charge in [-0.1, -0.05) is 381 Å². The van der Waals surface area contributed by atoms with Crippen LogP contribution in [0.4, 0.5) is 34.1 Å². The van der Waals surface area contributed by atoms with Gasteiger partial charge < -0.3 is 23.7 Å². The lowest BCUT2D eigenvalue weighted by molar-refractivity contribution is 0.436. The smallest absolute Gasteiger partial charge is 0.137 e. The summed E-state index contributed by atoms with van der Waals surface area (Å²) in [5.41, 5.74) is 35.7. The number of hydrogen-bond acceptors (Lipinski definition) is 8. The first-order valence-electron chi connectivity index (χ1n) is 51.0. The highest BCUT2D eigenvalue weighted by Crippen LogP contribution is 2.71. The van der Waals surface area contributed by atoms with Crippen molar-refractivity contribution < 1.29 is 13.9 Å². The zero-order valence-electron chi connectivity index (χ0n) is 79.7. The molecule has 8 heteroatoms. The normalized spacial score (nSPS) is 15.8. The van der Waals surface area contributed by atoms with Crippen LogP contribution >= 0.6 is 34.9 Å². The van der Waals surface area contributed by atoms with Gasteiger partial charge in [0.05, 0.1) is 44.1 Å². The molecule has 2 aromatic heterocycles. The summed E-state index contributed by atoms with van der Waals surface area (Å²) in [6, 6.07) is 186. The molecule has 0 radical (unpaired) electrons. The highest BCUT2D eigenvalue weighted by molar-refractivity contribution is 8.00. The number of fused-ring (bicyclic) bond motifs is 48. The van der Waals surface area contributed by atoms with Crippen LogP contribution in [0.2, 0.25) is 0 Å². The molecular formula is C140H82N2O3S3. The van der Waals surface area contributed by atoms with E-state index < -0.39 is 21.7 Å². The van der Waals surface area contributed by atoms with E-state index in [0.29, 0.717) is 0 Å². The second kappa shape index (κ2) is 30.9. The zero-order chi connectivity index (χ0) is 96.6. The van der Waals surface area contributed by atoms with Crippen molar-refractivity contribution in [2.24, 2.45) is 0 Å². The number of thiophene rings is 1. The van der Waals surface area contributed by atoms with E-state index >= 15 is 0 Å². The van der Waals surface area contributed by atoms with Gasteiger partial charge in [-0.2, -0.15) is 0 Å². The third kappa shape index (κ3) is 11.0. The Balaban J connectivity index is 0.000000129. The van der Waals surface area contributed by atoms with Gasteiger partial charge in [0, 0.05) is 90.0 Å². The molecule has 8 aliphatic rings. The maximum absolute atomic E-state index is 7.18. The minimum atomic E-state index is -0.701. The Hall–Kier alpha value is -17.8. The Morgan fingerprint density at radius 2 is 0.615 bits per heavy atom. The lowest BCUT2D eigenvalue weighted by Crippen LogP contribution is -2.34. The second-order valence-electron chi connectivity index (χ2n) is 40.3. The topological polar surface area (TPSA) is 38.1 Å². The van der Waals surface area contributed by atoms with Gasteiger partial charge in [0.25, 0.3) is 0 Å². The molecular weight excluding hydrogens is 1850 g/mol. The third-order valence-corrected chi connectivity index (χ3v) is 37.0. The van der Waals surface area contributed by atoms with Crippen LogP contribution in [-0.4, -0.2) is 0 Å². The number of ether oxygens (including phenoxy) is 2. The van der Waals surface area contributed by atoms with Crippen LogP contribution in [-0.2, 0) is 21.7 Å². The van der Waals surface area contributed by atoms with Crippen LogP contribution in [0.3, 0.4) is 0 Å². The molecule has 6 heterocycles. The van der Waals surface area contributed by atoms with Crippen molar-refractivity contribution in [3.05, 3.63) is 586 Å². The molecule has 688 valence electrons. The SMILES string of the molecule is c1ccc2c(c1)Oc1ccc(N(c3ccc4c(c3)C3(c5cc6ccccc6cc5O4)c4ccccc4-c4ccccc43)c3cccc4oc5ccccc5c34)cc1C21c2ccccc2-c2cc3ccccc3cc21.c1ccc2c(c1)Sc1cccc(N(c3ccc4c(c3)C3(c5ccccc5-c5ccccc53)c3ccc5ccccc5c3S4)c3cccc4sc5ccccc5c34)c1C21c2ccccc2-c2c1ccc1ccccc21. The summed E-state index contributed by atoms with van der Waals surface area (Å²) in [7, 11) is 0. The van der Waals surface area contributed by atoms with Crippen LogP contribution < -0.4 is 19.3 Å². The van der Waals surface area contributed by atoms with Gasteiger partial charge in [-0.05, 0) is 288 Å². The first-order chi connectivity index (χ1) is 73.4. The van der Waals surface area contributed by atoms with Crippen molar-refractivity contribution in [2.75, 3.05) is 9.80 Å². The summed E-state index contributed by atoms with van der Waals surface area (Å²) >= 11 is 5.74. The molecule has 2 atom stereocenters. The summed E-state index contributed by atoms with van der Waals surface area (Å²) in [6.45, 7) is 0. The van der Waals surface area contributed by atoms with Crippen molar-refractivity contribution >= 4 is 154 Å². The van der Waals surface area contributed by atoms with Gasteiger partial charge in [-0.15, -0.1) is 11.3 Å². The van der Waals surface area contributed by atoms with Crippen molar-refractivity contribution in [3.8, 4) is 67.5 Å². The molecule has 4 aliphatic heterocycles. The fourth-order valence-electron chi connectivity index (χ4n) is 27.8. The average molecular weight is 1940 g/mol. The van der Waals surface area contributed by atoms with E-state index in [1.165, 1.54) is 200 Å². The number of furan rings is 1. The molecule has 0 amide bonds. The molecule has 0 bridgehead atoms. The maximum Gasteiger partial charge on any atom is 0.137 e. The second-order valence-corrected chi connectivity index (χ2v) is 43.6. The zero-order valence-corrected chi connectivity index (χ0v) is 82.1. The van der Waals surface area contributed by atoms with Crippen LogP contribution in [0.5, 0.6) is 23.0 Å². The Morgan fingerprint density at radius 3 is 1.28 bits per heavy atom. The van der Waals surface area contributed by atoms with Crippen LogP contribution in [0.15, 0.2) is 521 Å². The predicted octanol–water partition coefficient (Wildman–Crippen LogP) is 37.8. The van der Waals surface area contributed by atoms with E-state index in [-0.39, 0.29) is 0 Å². The standard InChI is InChI=1S/C70H41NO3.C70H41NS3/c1-2-17-43-37-57-52(36-42(43)16-1)50-22-7-11-26-55(50)70(57)56-27-12-14-30-63(56)73-64-34-32-47(41-60(64)70)71(61-28-15-31-66-68(61)51-23-8-13-29-62(51)72-66)46-33-35-65-59(40-46)69(58-38-44-18-3-4-19-45(44)39-67(58)74-65)53-24-9-5-20-48(53)49-21-6-10-25-54(49)69;1-3-19-45-42(17-1)35-38-55-65(45)49-23-7-11-27-53(49)70(55)54-28-12-14-32-61(54)73-64-34-16-30-59(67(64)70)71(58-29-15-33-63-66(58)50-24-8-13-31-60(50)72-63)44-37-40-62-57(41-44)69(56-39-36-43-18-2-4-20-46(43)68(56)74-62)51-25-9-5-21-47(51)48-22-6-10-26-52(48)69/h2*1-41H. The maximum atomic E-state index is 7.18. The van der Waals surface area contributed by atoms with E-state index in [9.17, 15) is 0 Å². The van der Waals surface area contributed by atoms with Gasteiger partial charge in [-0.3, -0.25) is 0 Å². The molecule has 2 unspecified atom stereocenters.